The van der Waals surface area contributed by atoms with Crippen molar-refractivity contribution in [3.63, 3.8) is 0 Å². The quantitative estimate of drug-likeness (QED) is 0.168. The Hall–Kier alpha value is -6.64. The molecule has 0 unspecified atom stereocenters. The molecule has 0 atom stereocenters. The van der Waals surface area contributed by atoms with Crippen molar-refractivity contribution in [3.05, 3.63) is 199 Å². The van der Waals surface area contributed by atoms with Crippen LogP contribution in [0, 0.1) is 0 Å². The number of aromatic nitrogens is 1. The van der Waals surface area contributed by atoms with Crippen molar-refractivity contribution in [3.8, 4) is 44.6 Å². The lowest BCUT2D eigenvalue weighted by Gasteiger charge is -2.28. The molecule has 54 heavy (non-hydrogen) atoms. The predicted octanol–water partition coefficient (Wildman–Crippen LogP) is 14.1. The van der Waals surface area contributed by atoms with Gasteiger partial charge < -0.3 is 9.47 Å². The topological polar surface area (TPSA) is 8.17 Å². The third-order valence-corrected chi connectivity index (χ3v) is 11.6. The van der Waals surface area contributed by atoms with Crippen LogP contribution in [-0.2, 0) is 12.5 Å². The molecule has 0 fully saturated rings. The smallest absolute Gasteiger partial charge is 0.0568 e. The Kier molecular flexibility index (Phi) is 7.42. The molecule has 0 saturated heterocycles. The fourth-order valence-electron chi connectivity index (χ4n) is 8.91. The van der Waals surface area contributed by atoms with Gasteiger partial charge in [0.2, 0.25) is 0 Å². The average molecular weight is 693 g/mol. The molecule has 1 aromatic heterocycles. The number of benzene rings is 8. The molecule has 258 valence electrons. The highest BCUT2D eigenvalue weighted by molar-refractivity contribution is 6.17. The van der Waals surface area contributed by atoms with E-state index in [1.807, 2.05) is 0 Å². The third kappa shape index (κ3) is 5.02. The van der Waals surface area contributed by atoms with Crippen LogP contribution in [0.25, 0.3) is 66.3 Å². The first kappa shape index (κ1) is 32.0. The maximum Gasteiger partial charge on any atom is 0.0568 e. The normalized spacial score (nSPS) is 12.9. The number of nitrogens with zero attached hydrogens (tertiary/aromatic N) is 2. The highest BCUT2D eigenvalue weighted by Gasteiger charge is 2.35. The lowest BCUT2D eigenvalue weighted by Crippen LogP contribution is -2.16. The summed E-state index contributed by atoms with van der Waals surface area (Å²) in [5.74, 6) is 0. The second-order valence-electron chi connectivity index (χ2n) is 15.0. The molecule has 0 spiro atoms. The average Bonchev–Trinajstić information content (AvgIpc) is 3.66. The molecule has 1 heterocycles. The summed E-state index contributed by atoms with van der Waals surface area (Å²) in [5.41, 5.74) is 17.2. The molecule has 10 rings (SSSR count). The van der Waals surface area contributed by atoms with Crippen LogP contribution >= 0.6 is 0 Å². The fraction of sp³-hybridized carbons (Fsp3) is 0.0769. The van der Waals surface area contributed by atoms with E-state index < -0.39 is 0 Å². The highest BCUT2D eigenvalue weighted by atomic mass is 15.1. The van der Waals surface area contributed by atoms with E-state index in [9.17, 15) is 0 Å². The van der Waals surface area contributed by atoms with Crippen molar-refractivity contribution in [2.45, 2.75) is 19.3 Å². The van der Waals surface area contributed by atoms with Crippen LogP contribution in [0.2, 0.25) is 0 Å². The van der Waals surface area contributed by atoms with Gasteiger partial charge in [0.05, 0.1) is 5.69 Å². The zero-order chi connectivity index (χ0) is 36.4. The van der Waals surface area contributed by atoms with Crippen molar-refractivity contribution in [2.24, 2.45) is 7.05 Å². The molecule has 0 saturated carbocycles. The Labute approximate surface area is 317 Å². The van der Waals surface area contributed by atoms with Gasteiger partial charge >= 0.3 is 0 Å². The Morgan fingerprint density at radius 3 is 1.72 bits per heavy atom. The van der Waals surface area contributed by atoms with Gasteiger partial charge in [-0.3, -0.25) is 0 Å². The summed E-state index contributed by atoms with van der Waals surface area (Å²) < 4.78 is 2.37. The molecule has 0 bridgehead atoms. The van der Waals surface area contributed by atoms with Gasteiger partial charge in [-0.15, -0.1) is 0 Å². The maximum atomic E-state index is 2.42. The van der Waals surface area contributed by atoms with Crippen LogP contribution in [0.15, 0.2) is 188 Å². The molecule has 2 nitrogen and oxygen atoms in total. The minimum atomic E-state index is -0.0976. The minimum absolute atomic E-state index is 0.0976. The van der Waals surface area contributed by atoms with E-state index in [0.29, 0.717) is 0 Å². The zero-order valence-corrected chi connectivity index (χ0v) is 30.8. The molecule has 1 aliphatic rings. The third-order valence-electron chi connectivity index (χ3n) is 11.6. The van der Waals surface area contributed by atoms with Crippen LogP contribution in [0.3, 0.4) is 0 Å². The number of fused-ring (bicyclic) bond motifs is 6. The lowest BCUT2D eigenvalue weighted by molar-refractivity contribution is 0.660. The molecule has 2 heteroatoms. The highest BCUT2D eigenvalue weighted by Crippen LogP contribution is 2.51. The molecule has 0 aliphatic heterocycles. The van der Waals surface area contributed by atoms with Crippen LogP contribution in [0.4, 0.5) is 17.1 Å². The van der Waals surface area contributed by atoms with Gasteiger partial charge in [0.25, 0.3) is 0 Å². The summed E-state index contributed by atoms with van der Waals surface area (Å²) in [4.78, 5) is 2.41. The Balaban J connectivity index is 1.15. The SMILES string of the molecule is Cn1c(-c2ccccc2)c(-c2ccc(N(c3ccc(-c4ccccc4)cc3)c3ccc4c(c3)C(C)(C)c3ccccc3-4)cc2)c2c3ccccc3ccc21. The summed E-state index contributed by atoms with van der Waals surface area (Å²) in [6.45, 7) is 4.71. The number of aryl methyl sites for hydroxylation is 1. The first-order valence-corrected chi connectivity index (χ1v) is 18.8. The van der Waals surface area contributed by atoms with Crippen LogP contribution < -0.4 is 4.90 Å². The molecule has 0 amide bonds. The van der Waals surface area contributed by atoms with Gasteiger partial charge in [0, 0.05) is 46.0 Å². The summed E-state index contributed by atoms with van der Waals surface area (Å²) in [6.07, 6.45) is 0. The standard InChI is InChI=1S/C52H40N2/c1-52(2)46-21-13-12-20-44(46)45-32-31-42(34-47(45)52)54(40-27-22-36(23-28-40)35-14-6-4-7-15-35)41-29-24-38(25-30-41)49-50-43-19-11-10-16-37(43)26-33-48(50)53(3)51(49)39-17-8-5-9-18-39/h4-34H,1-3H3. The molecular formula is C52H40N2. The minimum Gasteiger partial charge on any atom is -0.343 e. The van der Waals surface area contributed by atoms with Gasteiger partial charge in [0.1, 0.15) is 0 Å². The van der Waals surface area contributed by atoms with Crippen molar-refractivity contribution in [1.82, 2.24) is 4.57 Å². The van der Waals surface area contributed by atoms with Gasteiger partial charge in [-0.2, -0.15) is 0 Å². The van der Waals surface area contributed by atoms with E-state index in [1.165, 1.54) is 77.4 Å². The van der Waals surface area contributed by atoms with E-state index in [-0.39, 0.29) is 5.41 Å². The van der Waals surface area contributed by atoms with Crippen molar-refractivity contribution in [2.75, 3.05) is 4.90 Å². The van der Waals surface area contributed by atoms with E-state index in [2.05, 4.69) is 218 Å². The molecule has 0 radical (unpaired) electrons. The largest absolute Gasteiger partial charge is 0.343 e. The second kappa shape index (κ2) is 12.5. The van der Waals surface area contributed by atoms with Gasteiger partial charge in [0.15, 0.2) is 0 Å². The molecule has 1 aliphatic carbocycles. The van der Waals surface area contributed by atoms with E-state index in [1.54, 1.807) is 0 Å². The van der Waals surface area contributed by atoms with E-state index in [4.69, 9.17) is 0 Å². The monoisotopic (exact) mass is 692 g/mol. The van der Waals surface area contributed by atoms with Crippen LogP contribution in [-0.4, -0.2) is 4.57 Å². The number of anilines is 3. The van der Waals surface area contributed by atoms with Crippen molar-refractivity contribution >= 4 is 38.7 Å². The molecule has 9 aromatic rings. The fourth-order valence-corrected chi connectivity index (χ4v) is 8.91. The Morgan fingerprint density at radius 2 is 1.00 bits per heavy atom. The van der Waals surface area contributed by atoms with Gasteiger partial charge in [-0.25, -0.2) is 0 Å². The zero-order valence-electron chi connectivity index (χ0n) is 30.8. The first-order valence-electron chi connectivity index (χ1n) is 18.8. The second-order valence-corrected chi connectivity index (χ2v) is 15.0. The number of rotatable bonds is 6. The lowest BCUT2D eigenvalue weighted by atomic mass is 9.82. The maximum absolute atomic E-state index is 2.42. The summed E-state index contributed by atoms with van der Waals surface area (Å²) >= 11 is 0. The van der Waals surface area contributed by atoms with Crippen LogP contribution in [0.1, 0.15) is 25.0 Å². The summed E-state index contributed by atoms with van der Waals surface area (Å²) in [6, 6.07) is 68.8. The summed E-state index contributed by atoms with van der Waals surface area (Å²) in [5, 5.41) is 3.81. The Morgan fingerprint density at radius 1 is 0.444 bits per heavy atom. The van der Waals surface area contributed by atoms with Gasteiger partial charge in [-0.05, 0) is 97.7 Å². The molecule has 0 N–H and O–H groups in total. The molecular weight excluding hydrogens is 653 g/mol. The van der Waals surface area contributed by atoms with E-state index in [0.717, 1.165) is 17.1 Å². The number of hydrogen-bond acceptors (Lipinski definition) is 1. The number of hydrogen-bond donors (Lipinski definition) is 0. The van der Waals surface area contributed by atoms with E-state index >= 15 is 0 Å². The summed E-state index contributed by atoms with van der Waals surface area (Å²) in [7, 11) is 2.20. The van der Waals surface area contributed by atoms with Crippen LogP contribution in [0.5, 0.6) is 0 Å². The van der Waals surface area contributed by atoms with Crippen molar-refractivity contribution in [1.29, 1.82) is 0 Å². The first-order chi connectivity index (χ1) is 26.5. The molecule has 8 aromatic carbocycles. The Bertz CT molecular complexity index is 2830. The predicted molar refractivity (Wildman–Crippen MR) is 229 cm³/mol. The van der Waals surface area contributed by atoms with Gasteiger partial charge in [-0.1, -0.05) is 159 Å². The van der Waals surface area contributed by atoms with Crippen molar-refractivity contribution < 1.29 is 0 Å².